The van der Waals surface area contributed by atoms with Gasteiger partial charge in [-0.25, -0.2) is 0 Å². The van der Waals surface area contributed by atoms with Crippen LogP contribution < -0.4 is 4.74 Å². The minimum absolute atomic E-state index is 0.0707. The number of ether oxygens (including phenoxy) is 2. The van der Waals surface area contributed by atoms with Gasteiger partial charge in [0.05, 0.1) is 30.5 Å². The van der Waals surface area contributed by atoms with Crippen molar-refractivity contribution >= 4 is 11.6 Å². The molecule has 1 amide bonds. The van der Waals surface area contributed by atoms with Gasteiger partial charge in [-0.05, 0) is 54.5 Å². The average molecular weight is 474 g/mol. The Kier molecular flexibility index (Phi) is 6.04. The van der Waals surface area contributed by atoms with Crippen LogP contribution in [0.25, 0.3) is 0 Å². The molecule has 3 heterocycles. The molecule has 5 atom stereocenters. The van der Waals surface area contributed by atoms with Crippen LogP contribution in [0.2, 0.25) is 0 Å². The van der Waals surface area contributed by atoms with Crippen LogP contribution in [0, 0.1) is 17.3 Å². The van der Waals surface area contributed by atoms with Crippen molar-refractivity contribution in [3.63, 3.8) is 0 Å². The molecule has 1 saturated carbocycles. The van der Waals surface area contributed by atoms with Gasteiger partial charge in [-0.3, -0.25) is 14.8 Å². The highest BCUT2D eigenvalue weighted by Gasteiger charge is 2.68. The second-order valence-corrected chi connectivity index (χ2v) is 10.5. The number of fused-ring (bicyclic) bond motifs is 1. The number of carbonyl (C=O) groups excluding carboxylic acids is 1. The molecule has 2 aliphatic heterocycles. The first kappa shape index (κ1) is 23.7. The van der Waals surface area contributed by atoms with E-state index in [1.165, 1.54) is 5.56 Å². The monoisotopic (exact) mass is 473 g/mol. The lowest BCUT2D eigenvalue weighted by atomic mass is 9.66. The molecule has 0 N–H and O–H groups in total. The van der Waals surface area contributed by atoms with Crippen LogP contribution in [0.15, 0.2) is 66.3 Å². The van der Waals surface area contributed by atoms with Crippen LogP contribution in [0.4, 0.5) is 0 Å². The van der Waals surface area contributed by atoms with E-state index in [1.54, 1.807) is 13.3 Å². The van der Waals surface area contributed by atoms with E-state index >= 15 is 0 Å². The van der Waals surface area contributed by atoms with Crippen LogP contribution in [-0.2, 0) is 16.1 Å². The summed E-state index contributed by atoms with van der Waals surface area (Å²) in [5.41, 5.74) is 1.57. The summed E-state index contributed by atoms with van der Waals surface area (Å²) in [6.45, 7) is 10.9. The third kappa shape index (κ3) is 3.70. The molecular formula is C29H35N3O3. The summed E-state index contributed by atoms with van der Waals surface area (Å²) >= 11 is 0. The van der Waals surface area contributed by atoms with E-state index in [2.05, 4.69) is 44.5 Å². The quantitative estimate of drug-likeness (QED) is 0.508. The second kappa shape index (κ2) is 8.90. The standard InChI is InChI=1S/C29H35N3O3/c1-6-14-28-18-29(32(27(28)33)17-22-9-7-8-15-30-22)25(31-26(35-29)19(2)3)16-24(20(28)4)21-10-12-23(34-5)13-11-21/h6-13,15,19-20,24,26H,1,14,16-18H2,2-5H3/t20-,24+,26-,28+,29+/m1/s1. The number of benzene rings is 1. The van der Waals surface area contributed by atoms with Gasteiger partial charge in [-0.2, -0.15) is 0 Å². The van der Waals surface area contributed by atoms with Gasteiger partial charge in [-0.1, -0.05) is 45.0 Å². The Morgan fingerprint density at radius 3 is 2.66 bits per heavy atom. The van der Waals surface area contributed by atoms with E-state index in [0.29, 0.717) is 19.4 Å². The molecular weight excluding hydrogens is 438 g/mol. The third-order valence-electron chi connectivity index (χ3n) is 8.27. The van der Waals surface area contributed by atoms with E-state index in [9.17, 15) is 4.79 Å². The first-order valence-electron chi connectivity index (χ1n) is 12.6. The van der Waals surface area contributed by atoms with Crippen LogP contribution in [0.1, 0.15) is 57.2 Å². The fourth-order valence-corrected chi connectivity index (χ4v) is 6.28. The Hall–Kier alpha value is -2.99. The lowest BCUT2D eigenvalue weighted by molar-refractivity contribution is -0.155. The van der Waals surface area contributed by atoms with Crippen molar-refractivity contribution in [3.05, 3.63) is 72.6 Å². The van der Waals surface area contributed by atoms with Gasteiger partial charge in [0.25, 0.3) is 0 Å². The number of hydrogen-bond donors (Lipinski definition) is 0. The van der Waals surface area contributed by atoms with Gasteiger partial charge in [0.2, 0.25) is 5.91 Å². The van der Waals surface area contributed by atoms with Crippen molar-refractivity contribution in [2.24, 2.45) is 22.2 Å². The predicted octanol–water partition coefficient (Wildman–Crippen LogP) is 5.36. The van der Waals surface area contributed by atoms with Gasteiger partial charge < -0.3 is 14.4 Å². The minimum Gasteiger partial charge on any atom is -0.497 e. The summed E-state index contributed by atoms with van der Waals surface area (Å²) in [7, 11) is 1.68. The number of aromatic nitrogens is 1. The number of aliphatic imine (C=N–C) groups is 1. The van der Waals surface area contributed by atoms with Gasteiger partial charge in [0.1, 0.15) is 5.75 Å². The Bertz CT molecular complexity index is 1130. The maximum Gasteiger partial charge on any atom is 0.232 e. The zero-order chi connectivity index (χ0) is 24.8. The molecule has 1 aliphatic carbocycles. The maximum atomic E-state index is 14.5. The Balaban J connectivity index is 1.64. The molecule has 2 bridgehead atoms. The van der Waals surface area contributed by atoms with E-state index in [0.717, 1.165) is 23.6 Å². The summed E-state index contributed by atoms with van der Waals surface area (Å²) in [5, 5.41) is 0. The number of allylic oxidation sites excluding steroid dienone is 1. The predicted molar refractivity (Wildman–Crippen MR) is 136 cm³/mol. The smallest absolute Gasteiger partial charge is 0.232 e. The molecule has 1 aromatic carbocycles. The van der Waals surface area contributed by atoms with Gasteiger partial charge >= 0.3 is 0 Å². The van der Waals surface area contributed by atoms with Gasteiger partial charge in [-0.15, -0.1) is 6.58 Å². The summed E-state index contributed by atoms with van der Waals surface area (Å²) in [6.07, 6.45) is 5.34. The van der Waals surface area contributed by atoms with Crippen molar-refractivity contribution in [1.82, 2.24) is 9.88 Å². The van der Waals surface area contributed by atoms with Crippen LogP contribution in [0.5, 0.6) is 5.75 Å². The number of nitrogens with zero attached hydrogens (tertiary/aromatic N) is 3. The molecule has 6 nitrogen and oxygen atoms in total. The number of likely N-dealkylation sites (tertiary alicyclic amines) is 1. The Labute approximate surface area is 208 Å². The molecule has 2 fully saturated rings. The van der Waals surface area contributed by atoms with Crippen molar-refractivity contribution < 1.29 is 14.3 Å². The summed E-state index contributed by atoms with van der Waals surface area (Å²) < 4.78 is 12.2. The first-order valence-corrected chi connectivity index (χ1v) is 12.6. The Morgan fingerprint density at radius 2 is 2.03 bits per heavy atom. The molecule has 35 heavy (non-hydrogen) atoms. The van der Waals surface area contributed by atoms with Gasteiger partial charge in [0, 0.05) is 18.5 Å². The number of pyridine rings is 1. The normalized spacial score (nSPS) is 31.8. The first-order chi connectivity index (χ1) is 16.8. The molecule has 1 aromatic heterocycles. The van der Waals surface area contributed by atoms with Crippen molar-refractivity contribution in [2.45, 2.75) is 64.4 Å². The zero-order valence-electron chi connectivity index (χ0n) is 21.1. The molecule has 184 valence electrons. The Morgan fingerprint density at radius 1 is 1.26 bits per heavy atom. The molecule has 1 saturated heterocycles. The third-order valence-corrected chi connectivity index (χ3v) is 8.27. The van der Waals surface area contributed by atoms with Crippen LogP contribution >= 0.6 is 0 Å². The topological polar surface area (TPSA) is 64.0 Å². The SMILES string of the molecule is C=CC[C@]12C[C@@]3(O[C@H](C(C)C)N=C3C[C@H](c3ccc(OC)cc3)[C@H]1C)N(Cc1ccccn1)C2=O. The lowest BCUT2D eigenvalue weighted by Gasteiger charge is -2.39. The maximum absolute atomic E-state index is 14.5. The molecule has 0 unspecified atom stereocenters. The fraction of sp³-hybridized carbons (Fsp3) is 0.483. The highest BCUT2D eigenvalue weighted by Crippen LogP contribution is 2.60. The molecule has 1 spiro atoms. The zero-order valence-corrected chi connectivity index (χ0v) is 21.1. The molecule has 6 heteroatoms. The number of hydrogen-bond acceptors (Lipinski definition) is 5. The average Bonchev–Trinajstić information content (AvgIpc) is 3.31. The molecule has 2 aromatic rings. The van der Waals surface area contributed by atoms with Crippen LogP contribution in [-0.4, -0.2) is 40.6 Å². The number of methoxy groups -OCH3 is 1. The fourth-order valence-electron chi connectivity index (χ4n) is 6.28. The lowest BCUT2D eigenvalue weighted by Crippen LogP contribution is -2.53. The number of carbonyl (C=O) groups is 1. The van der Waals surface area contributed by atoms with E-state index in [1.807, 2.05) is 41.3 Å². The summed E-state index contributed by atoms with van der Waals surface area (Å²) in [4.78, 5) is 26.0. The molecule has 0 radical (unpaired) electrons. The molecule has 5 rings (SSSR count). The molecule has 3 aliphatic rings. The number of rotatable bonds is 7. The second-order valence-electron chi connectivity index (χ2n) is 10.5. The van der Waals surface area contributed by atoms with E-state index < -0.39 is 11.1 Å². The summed E-state index contributed by atoms with van der Waals surface area (Å²) in [5.74, 6) is 1.36. The highest BCUT2D eigenvalue weighted by atomic mass is 16.6. The largest absolute Gasteiger partial charge is 0.497 e. The number of amides is 1. The van der Waals surface area contributed by atoms with Crippen molar-refractivity contribution in [1.29, 1.82) is 0 Å². The van der Waals surface area contributed by atoms with E-state index in [-0.39, 0.29) is 29.9 Å². The minimum atomic E-state index is -0.845. The van der Waals surface area contributed by atoms with E-state index in [4.69, 9.17) is 14.5 Å². The highest BCUT2D eigenvalue weighted by molar-refractivity contribution is 6.02. The van der Waals surface area contributed by atoms with Crippen molar-refractivity contribution in [2.75, 3.05) is 7.11 Å². The summed E-state index contributed by atoms with van der Waals surface area (Å²) in [6, 6.07) is 14.1. The van der Waals surface area contributed by atoms with Gasteiger partial charge in [0.15, 0.2) is 12.0 Å². The van der Waals surface area contributed by atoms with Crippen LogP contribution in [0.3, 0.4) is 0 Å². The van der Waals surface area contributed by atoms with Crippen molar-refractivity contribution in [3.8, 4) is 5.75 Å².